The van der Waals surface area contributed by atoms with Crippen LogP contribution in [0.4, 0.5) is 5.69 Å². The topological polar surface area (TPSA) is 82.2 Å². The first-order chi connectivity index (χ1) is 6.00. The third-order valence-corrected chi connectivity index (χ3v) is 1.48. The molecule has 0 saturated heterocycles. The highest BCUT2D eigenvalue weighted by Gasteiger charge is 2.13. The monoisotopic (exact) mass is 182 g/mol. The summed E-state index contributed by atoms with van der Waals surface area (Å²) in [4.78, 5) is 23.9. The number of aromatic nitrogens is 1. The summed E-state index contributed by atoms with van der Waals surface area (Å²) in [5.41, 5.74) is 1.01. The maximum atomic E-state index is 10.7. The van der Waals surface area contributed by atoms with Crippen molar-refractivity contribution in [3.8, 4) is 0 Å². The molecule has 3 N–H and O–H groups in total. The van der Waals surface area contributed by atoms with Crippen molar-refractivity contribution in [1.29, 1.82) is 0 Å². The molecule has 0 spiro atoms. The van der Waals surface area contributed by atoms with Crippen molar-refractivity contribution < 1.29 is 14.7 Å². The van der Waals surface area contributed by atoms with Crippen LogP contribution in [0.5, 0.6) is 0 Å². The number of hydrogen-bond acceptors (Lipinski definition) is 2. The highest BCUT2D eigenvalue weighted by atomic mass is 16.4. The zero-order valence-corrected chi connectivity index (χ0v) is 7.34. The van der Waals surface area contributed by atoms with Gasteiger partial charge in [-0.25, -0.2) is 4.79 Å². The van der Waals surface area contributed by atoms with Crippen molar-refractivity contribution in [2.45, 2.75) is 13.8 Å². The lowest BCUT2D eigenvalue weighted by molar-refractivity contribution is -0.114. The van der Waals surface area contributed by atoms with Gasteiger partial charge in [0.1, 0.15) is 5.69 Å². The Balaban J connectivity index is 3.04. The van der Waals surface area contributed by atoms with Crippen molar-refractivity contribution >= 4 is 17.6 Å². The number of aromatic carboxylic acids is 1. The number of carboxylic acids is 1. The van der Waals surface area contributed by atoms with Gasteiger partial charge in [0, 0.05) is 12.6 Å². The summed E-state index contributed by atoms with van der Waals surface area (Å²) in [5, 5.41) is 11.1. The lowest BCUT2D eigenvalue weighted by Gasteiger charge is -1.98. The summed E-state index contributed by atoms with van der Waals surface area (Å²) in [6.07, 6.45) is 0. The summed E-state index contributed by atoms with van der Waals surface area (Å²) >= 11 is 0. The fourth-order valence-corrected chi connectivity index (χ4v) is 1.05. The fraction of sp³-hybridized carbons (Fsp3) is 0.250. The molecule has 70 valence electrons. The van der Waals surface area contributed by atoms with Crippen LogP contribution in [0.15, 0.2) is 6.07 Å². The van der Waals surface area contributed by atoms with Gasteiger partial charge in [-0.05, 0) is 13.0 Å². The van der Waals surface area contributed by atoms with E-state index in [4.69, 9.17) is 5.11 Å². The van der Waals surface area contributed by atoms with Crippen molar-refractivity contribution in [2.24, 2.45) is 0 Å². The largest absolute Gasteiger partial charge is 0.477 e. The van der Waals surface area contributed by atoms with Gasteiger partial charge in [-0.1, -0.05) is 0 Å². The number of carboxylic acid groups (broad SMARTS) is 1. The van der Waals surface area contributed by atoms with E-state index in [9.17, 15) is 9.59 Å². The SMILES string of the molecule is CC(=O)Nc1cc(C)[nH]c1C(=O)O. The molecule has 1 amide bonds. The predicted octanol–water partition coefficient (Wildman–Crippen LogP) is 0.980. The Labute approximate surface area is 74.8 Å². The number of aryl methyl sites for hydroxylation is 1. The number of anilines is 1. The molecule has 0 aromatic carbocycles. The molecule has 13 heavy (non-hydrogen) atoms. The van der Waals surface area contributed by atoms with E-state index in [1.54, 1.807) is 13.0 Å². The molecule has 0 saturated carbocycles. The van der Waals surface area contributed by atoms with Crippen molar-refractivity contribution in [1.82, 2.24) is 4.98 Å². The molecule has 0 unspecified atom stereocenters. The Morgan fingerprint density at radius 1 is 1.54 bits per heavy atom. The van der Waals surface area contributed by atoms with Crippen LogP contribution >= 0.6 is 0 Å². The van der Waals surface area contributed by atoms with Gasteiger partial charge in [0.2, 0.25) is 5.91 Å². The van der Waals surface area contributed by atoms with Gasteiger partial charge < -0.3 is 15.4 Å². The van der Waals surface area contributed by atoms with Crippen molar-refractivity contribution in [2.75, 3.05) is 5.32 Å². The first-order valence-corrected chi connectivity index (χ1v) is 3.71. The number of carbonyl (C=O) groups excluding carboxylic acids is 1. The number of carbonyl (C=O) groups is 2. The Hall–Kier alpha value is -1.78. The third-order valence-electron chi connectivity index (χ3n) is 1.48. The van der Waals surface area contributed by atoms with E-state index < -0.39 is 5.97 Å². The molecule has 1 rings (SSSR count). The lowest BCUT2D eigenvalue weighted by Crippen LogP contribution is -2.09. The maximum absolute atomic E-state index is 10.7. The van der Waals surface area contributed by atoms with E-state index in [1.807, 2.05) is 0 Å². The quantitative estimate of drug-likeness (QED) is 0.637. The summed E-state index contributed by atoms with van der Waals surface area (Å²) in [5.74, 6) is -1.38. The molecule has 5 heteroatoms. The average Bonchev–Trinajstić information content (AvgIpc) is 2.29. The summed E-state index contributed by atoms with van der Waals surface area (Å²) in [6.45, 7) is 3.05. The van der Waals surface area contributed by atoms with Crippen LogP contribution in [-0.2, 0) is 4.79 Å². The van der Waals surface area contributed by atoms with E-state index in [2.05, 4.69) is 10.3 Å². The van der Waals surface area contributed by atoms with E-state index in [0.717, 1.165) is 0 Å². The van der Waals surface area contributed by atoms with E-state index >= 15 is 0 Å². The van der Waals surface area contributed by atoms with E-state index in [1.165, 1.54) is 6.92 Å². The minimum Gasteiger partial charge on any atom is -0.477 e. The Morgan fingerprint density at radius 2 is 2.15 bits per heavy atom. The normalized spacial score (nSPS) is 9.69. The fourth-order valence-electron chi connectivity index (χ4n) is 1.05. The number of aromatic amines is 1. The maximum Gasteiger partial charge on any atom is 0.354 e. The highest BCUT2D eigenvalue weighted by Crippen LogP contribution is 2.16. The number of hydrogen-bond donors (Lipinski definition) is 3. The smallest absolute Gasteiger partial charge is 0.354 e. The standard InChI is InChI=1S/C8H10N2O3/c1-4-3-6(10-5(2)11)7(9-4)8(12)13/h3,9H,1-2H3,(H,10,11)(H,12,13). The Morgan fingerprint density at radius 3 is 2.62 bits per heavy atom. The molecule has 1 aromatic heterocycles. The van der Waals surface area contributed by atoms with Gasteiger partial charge >= 0.3 is 5.97 Å². The number of amides is 1. The van der Waals surface area contributed by atoms with Gasteiger partial charge in [0.15, 0.2) is 0 Å². The van der Waals surface area contributed by atoms with Gasteiger partial charge in [0.05, 0.1) is 5.69 Å². The molecule has 0 aliphatic carbocycles. The van der Waals surface area contributed by atoms with Crippen LogP contribution in [0, 0.1) is 6.92 Å². The number of H-pyrrole nitrogens is 1. The third kappa shape index (κ3) is 2.08. The minimum atomic E-state index is -1.09. The molecule has 0 fully saturated rings. The second-order valence-corrected chi connectivity index (χ2v) is 2.73. The van der Waals surface area contributed by atoms with Gasteiger partial charge in [-0.3, -0.25) is 4.79 Å². The van der Waals surface area contributed by atoms with Crippen molar-refractivity contribution in [3.63, 3.8) is 0 Å². The van der Waals surface area contributed by atoms with Gasteiger partial charge in [0.25, 0.3) is 0 Å². The second-order valence-electron chi connectivity index (χ2n) is 2.73. The summed E-state index contributed by atoms with van der Waals surface area (Å²) in [7, 11) is 0. The molecule has 0 aliphatic heterocycles. The Bertz CT molecular complexity index is 354. The lowest BCUT2D eigenvalue weighted by atomic mass is 10.3. The predicted molar refractivity (Wildman–Crippen MR) is 46.8 cm³/mol. The zero-order valence-electron chi connectivity index (χ0n) is 7.34. The zero-order chi connectivity index (χ0) is 10.0. The Kier molecular flexibility index (Phi) is 2.36. The number of rotatable bonds is 2. The molecule has 0 atom stereocenters. The van der Waals surface area contributed by atoms with Crippen LogP contribution in [0.25, 0.3) is 0 Å². The molecule has 0 aliphatic rings. The summed E-state index contributed by atoms with van der Waals surface area (Å²) < 4.78 is 0. The highest BCUT2D eigenvalue weighted by molar-refractivity contribution is 5.98. The second kappa shape index (κ2) is 3.30. The first kappa shape index (κ1) is 9.31. The molecule has 0 radical (unpaired) electrons. The molecule has 1 aromatic rings. The molecule has 5 nitrogen and oxygen atoms in total. The van der Waals surface area contributed by atoms with E-state index in [-0.39, 0.29) is 11.6 Å². The first-order valence-electron chi connectivity index (χ1n) is 3.71. The van der Waals surface area contributed by atoms with Crippen LogP contribution < -0.4 is 5.32 Å². The van der Waals surface area contributed by atoms with Crippen LogP contribution in [0.3, 0.4) is 0 Å². The van der Waals surface area contributed by atoms with Crippen molar-refractivity contribution in [3.05, 3.63) is 17.5 Å². The molecular weight excluding hydrogens is 172 g/mol. The van der Waals surface area contributed by atoms with Crippen LogP contribution in [0.2, 0.25) is 0 Å². The number of nitrogens with one attached hydrogen (secondary N) is 2. The van der Waals surface area contributed by atoms with Crippen LogP contribution in [-0.4, -0.2) is 22.0 Å². The molecular formula is C8H10N2O3. The van der Waals surface area contributed by atoms with Gasteiger partial charge in [-0.15, -0.1) is 0 Å². The molecule has 0 bridgehead atoms. The van der Waals surface area contributed by atoms with Gasteiger partial charge in [-0.2, -0.15) is 0 Å². The molecule has 1 heterocycles. The van der Waals surface area contributed by atoms with E-state index in [0.29, 0.717) is 11.4 Å². The summed E-state index contributed by atoms with van der Waals surface area (Å²) in [6, 6.07) is 1.57. The van der Waals surface area contributed by atoms with Crippen LogP contribution in [0.1, 0.15) is 23.1 Å². The minimum absolute atomic E-state index is 0.00713. The average molecular weight is 182 g/mol.